The van der Waals surface area contributed by atoms with E-state index in [1.165, 1.54) is 0 Å². The first-order chi connectivity index (χ1) is 10.2. The van der Waals surface area contributed by atoms with Gasteiger partial charge < -0.3 is 15.2 Å². The van der Waals surface area contributed by atoms with Crippen molar-refractivity contribution >= 4 is 12.1 Å². The second kappa shape index (κ2) is 6.47. The van der Waals surface area contributed by atoms with Crippen molar-refractivity contribution in [3.63, 3.8) is 0 Å². The van der Waals surface area contributed by atoms with Crippen LogP contribution in [0.15, 0.2) is 0 Å². The number of alkyl carbamates (subject to hydrolysis) is 1. The van der Waals surface area contributed by atoms with Crippen LogP contribution in [0.4, 0.5) is 4.79 Å². The molecule has 0 aromatic heterocycles. The van der Waals surface area contributed by atoms with E-state index in [4.69, 9.17) is 4.74 Å². The average Bonchev–Trinajstić information content (AvgIpc) is 3.02. The predicted molar refractivity (Wildman–Crippen MR) is 83.6 cm³/mol. The highest BCUT2D eigenvalue weighted by Crippen LogP contribution is 2.49. The second-order valence-corrected chi connectivity index (χ2v) is 7.95. The van der Waals surface area contributed by atoms with Crippen LogP contribution in [0.1, 0.15) is 65.7 Å². The zero-order valence-corrected chi connectivity index (χ0v) is 14.0. The number of aliphatic carboxylic acids is 1. The Bertz CT molecular complexity index is 419. The van der Waals surface area contributed by atoms with E-state index in [0.29, 0.717) is 12.3 Å². The molecule has 0 aromatic carbocycles. The molecule has 2 rings (SSSR count). The van der Waals surface area contributed by atoms with Crippen molar-refractivity contribution in [3.8, 4) is 0 Å². The molecule has 0 bridgehead atoms. The first kappa shape index (κ1) is 17.1. The van der Waals surface area contributed by atoms with E-state index in [2.05, 4.69) is 5.32 Å². The van der Waals surface area contributed by atoms with Crippen LogP contribution in [-0.4, -0.2) is 29.3 Å². The number of carbonyl (C=O) groups excluding carboxylic acids is 1. The van der Waals surface area contributed by atoms with E-state index in [-0.39, 0.29) is 12.5 Å². The Morgan fingerprint density at radius 2 is 1.73 bits per heavy atom. The Balaban J connectivity index is 2.05. The van der Waals surface area contributed by atoms with Gasteiger partial charge in [0.05, 0.1) is 5.41 Å². The van der Waals surface area contributed by atoms with Crippen molar-refractivity contribution in [2.45, 2.75) is 71.3 Å². The molecule has 1 atom stereocenters. The van der Waals surface area contributed by atoms with Gasteiger partial charge in [-0.1, -0.05) is 25.7 Å². The van der Waals surface area contributed by atoms with Gasteiger partial charge in [0.25, 0.3) is 0 Å². The van der Waals surface area contributed by atoms with E-state index in [1.807, 2.05) is 0 Å². The first-order valence-electron chi connectivity index (χ1n) is 8.43. The summed E-state index contributed by atoms with van der Waals surface area (Å²) in [5.41, 5.74) is -1.39. The number of amides is 1. The van der Waals surface area contributed by atoms with Gasteiger partial charge in [-0.15, -0.1) is 0 Å². The molecule has 2 fully saturated rings. The van der Waals surface area contributed by atoms with Gasteiger partial charge in [0.15, 0.2) is 0 Å². The third-order valence-corrected chi connectivity index (χ3v) is 4.86. The van der Waals surface area contributed by atoms with Crippen LogP contribution in [0.3, 0.4) is 0 Å². The van der Waals surface area contributed by atoms with E-state index in [0.717, 1.165) is 38.5 Å². The molecule has 5 nitrogen and oxygen atoms in total. The fraction of sp³-hybridized carbons (Fsp3) is 0.882. The molecule has 2 aliphatic rings. The number of carboxylic acid groups (broad SMARTS) is 1. The van der Waals surface area contributed by atoms with Crippen LogP contribution >= 0.6 is 0 Å². The molecule has 0 spiro atoms. The largest absolute Gasteiger partial charge is 0.481 e. The normalized spacial score (nSPS) is 22.1. The van der Waals surface area contributed by atoms with E-state index in [9.17, 15) is 14.7 Å². The number of hydrogen-bond donors (Lipinski definition) is 2. The number of ether oxygens (including phenoxy) is 1. The van der Waals surface area contributed by atoms with Crippen molar-refractivity contribution in [2.75, 3.05) is 6.54 Å². The summed E-state index contributed by atoms with van der Waals surface area (Å²) in [6.45, 7) is 5.59. The minimum absolute atomic E-state index is 0.167. The Morgan fingerprint density at radius 3 is 2.18 bits per heavy atom. The molecule has 22 heavy (non-hydrogen) atoms. The Morgan fingerprint density at radius 1 is 1.14 bits per heavy atom. The number of nitrogens with one attached hydrogen (secondary N) is 1. The molecule has 1 amide bonds. The van der Waals surface area contributed by atoms with Gasteiger partial charge in [-0.3, -0.25) is 4.79 Å². The molecular formula is C17H29NO4. The third kappa shape index (κ3) is 4.37. The number of rotatable bonds is 6. The highest BCUT2D eigenvalue weighted by Gasteiger charge is 2.49. The van der Waals surface area contributed by atoms with Gasteiger partial charge in [0.1, 0.15) is 5.60 Å². The lowest BCUT2D eigenvalue weighted by Gasteiger charge is -2.36. The minimum Gasteiger partial charge on any atom is -0.481 e. The highest BCUT2D eigenvalue weighted by atomic mass is 16.6. The van der Waals surface area contributed by atoms with E-state index >= 15 is 0 Å². The fourth-order valence-corrected chi connectivity index (χ4v) is 3.58. The standard InChI is InChI=1S/C17H29NO4/c1-16(2,3)22-15(21)18-11-17(14(19)20,10-12-8-9-12)13-6-4-5-7-13/h12-13H,4-11H2,1-3H3,(H,18,21)(H,19,20). The predicted octanol–water partition coefficient (Wildman–Crippen LogP) is 3.57. The molecule has 2 aliphatic carbocycles. The summed E-state index contributed by atoms with van der Waals surface area (Å²) in [4.78, 5) is 24.0. The van der Waals surface area contributed by atoms with Crippen molar-refractivity contribution in [1.29, 1.82) is 0 Å². The molecule has 0 aromatic rings. The van der Waals surface area contributed by atoms with Crippen LogP contribution < -0.4 is 5.32 Å². The van der Waals surface area contributed by atoms with Crippen molar-refractivity contribution < 1.29 is 19.4 Å². The fourth-order valence-electron chi connectivity index (χ4n) is 3.58. The quantitative estimate of drug-likeness (QED) is 0.786. The zero-order chi connectivity index (χ0) is 16.4. The van der Waals surface area contributed by atoms with Gasteiger partial charge in [-0.2, -0.15) is 0 Å². The SMILES string of the molecule is CC(C)(C)OC(=O)NCC(CC1CC1)(C(=O)O)C1CCCC1. The summed E-state index contributed by atoms with van der Waals surface area (Å²) in [6, 6.07) is 0. The summed E-state index contributed by atoms with van der Waals surface area (Å²) in [7, 11) is 0. The lowest BCUT2D eigenvalue weighted by atomic mass is 9.70. The highest BCUT2D eigenvalue weighted by molar-refractivity contribution is 5.77. The molecule has 0 aliphatic heterocycles. The molecule has 126 valence electrons. The van der Waals surface area contributed by atoms with Crippen LogP contribution in [0.25, 0.3) is 0 Å². The number of carboxylic acids is 1. The van der Waals surface area contributed by atoms with E-state index < -0.39 is 23.1 Å². The molecular weight excluding hydrogens is 282 g/mol. The summed E-state index contributed by atoms with van der Waals surface area (Å²) >= 11 is 0. The van der Waals surface area contributed by atoms with Gasteiger partial charge in [-0.05, 0) is 51.9 Å². The molecule has 1 unspecified atom stereocenters. The summed E-state index contributed by atoms with van der Waals surface area (Å²) in [5, 5.41) is 12.6. The Hall–Kier alpha value is -1.26. The monoisotopic (exact) mass is 311 g/mol. The van der Waals surface area contributed by atoms with Crippen molar-refractivity contribution in [2.24, 2.45) is 17.3 Å². The van der Waals surface area contributed by atoms with Crippen LogP contribution in [0.2, 0.25) is 0 Å². The van der Waals surface area contributed by atoms with Crippen LogP contribution in [-0.2, 0) is 9.53 Å². The first-order valence-corrected chi connectivity index (χ1v) is 8.43. The molecule has 0 radical (unpaired) electrons. The molecule has 2 saturated carbocycles. The molecule has 0 heterocycles. The average molecular weight is 311 g/mol. The Labute approximate surface area is 132 Å². The molecule has 0 saturated heterocycles. The lowest BCUT2D eigenvalue weighted by molar-refractivity contribution is -0.153. The molecule has 2 N–H and O–H groups in total. The van der Waals surface area contributed by atoms with Gasteiger partial charge in [-0.25, -0.2) is 4.79 Å². The van der Waals surface area contributed by atoms with E-state index in [1.54, 1.807) is 20.8 Å². The van der Waals surface area contributed by atoms with Gasteiger partial charge in [0, 0.05) is 6.54 Å². The molecule has 5 heteroatoms. The maximum absolute atomic E-state index is 12.1. The van der Waals surface area contributed by atoms with Crippen molar-refractivity contribution in [1.82, 2.24) is 5.32 Å². The smallest absolute Gasteiger partial charge is 0.407 e. The zero-order valence-electron chi connectivity index (χ0n) is 14.0. The maximum Gasteiger partial charge on any atom is 0.407 e. The van der Waals surface area contributed by atoms with Gasteiger partial charge >= 0.3 is 12.1 Å². The summed E-state index contributed by atoms with van der Waals surface area (Å²) in [5.74, 6) is -0.0833. The van der Waals surface area contributed by atoms with Crippen LogP contribution in [0.5, 0.6) is 0 Å². The topological polar surface area (TPSA) is 75.6 Å². The van der Waals surface area contributed by atoms with Crippen LogP contribution in [0, 0.1) is 17.3 Å². The number of hydrogen-bond acceptors (Lipinski definition) is 3. The Kier molecular flexibility index (Phi) is 5.03. The summed E-state index contributed by atoms with van der Waals surface area (Å²) in [6.07, 6.45) is 6.50. The second-order valence-electron chi connectivity index (χ2n) is 7.95. The van der Waals surface area contributed by atoms with Crippen molar-refractivity contribution in [3.05, 3.63) is 0 Å². The van der Waals surface area contributed by atoms with Gasteiger partial charge in [0.2, 0.25) is 0 Å². The minimum atomic E-state index is -0.825. The summed E-state index contributed by atoms with van der Waals surface area (Å²) < 4.78 is 5.25. The lowest BCUT2D eigenvalue weighted by Crippen LogP contribution is -2.48. The maximum atomic E-state index is 12.1. The number of carbonyl (C=O) groups is 2. The third-order valence-electron chi connectivity index (χ3n) is 4.86.